The summed E-state index contributed by atoms with van der Waals surface area (Å²) in [5.41, 5.74) is 0. The Morgan fingerprint density at radius 2 is 2.44 bits per heavy atom. The van der Waals surface area contributed by atoms with Gasteiger partial charge in [-0.25, -0.2) is 0 Å². The molecule has 0 aromatic rings. The fourth-order valence-corrected chi connectivity index (χ4v) is 3.62. The van der Waals surface area contributed by atoms with Crippen molar-refractivity contribution in [2.75, 3.05) is 31.2 Å². The van der Waals surface area contributed by atoms with Crippen LogP contribution < -0.4 is 10.6 Å². The van der Waals surface area contributed by atoms with Crippen molar-refractivity contribution in [3.63, 3.8) is 0 Å². The lowest BCUT2D eigenvalue weighted by molar-refractivity contribution is -0.121. The zero-order valence-corrected chi connectivity index (χ0v) is 11.9. The highest BCUT2D eigenvalue weighted by molar-refractivity contribution is 7.99. The molecule has 0 radical (unpaired) electrons. The largest absolute Gasteiger partial charge is 0.378 e. The summed E-state index contributed by atoms with van der Waals surface area (Å²) in [6.07, 6.45) is 3.07. The standard InChI is InChI=1S/C13H24N2O2S/c1-2-12-10(3-5-17-12)8-15-13(16)7-11-9-18-6-4-14-11/h10-12,14H,2-9H2,1H3,(H,15,16). The SMILES string of the molecule is CCC1OCCC1CNC(=O)CC1CSCCN1. The Bertz CT molecular complexity index is 270. The second-order valence-electron chi connectivity index (χ2n) is 5.10. The van der Waals surface area contributed by atoms with E-state index in [1.165, 1.54) is 0 Å². The van der Waals surface area contributed by atoms with Crippen LogP contribution in [0.15, 0.2) is 0 Å². The number of rotatable bonds is 5. The maximum atomic E-state index is 11.9. The number of hydrogen-bond donors (Lipinski definition) is 2. The zero-order chi connectivity index (χ0) is 12.8. The number of thioether (sulfide) groups is 1. The molecule has 2 aliphatic heterocycles. The minimum atomic E-state index is 0.178. The van der Waals surface area contributed by atoms with Crippen molar-refractivity contribution >= 4 is 17.7 Å². The highest BCUT2D eigenvalue weighted by Crippen LogP contribution is 2.22. The molecular weight excluding hydrogens is 248 g/mol. The number of ether oxygens (including phenoxy) is 1. The lowest BCUT2D eigenvalue weighted by atomic mass is 9.99. The molecule has 2 fully saturated rings. The number of carbonyl (C=O) groups excluding carboxylic acids is 1. The van der Waals surface area contributed by atoms with E-state index in [4.69, 9.17) is 4.74 Å². The van der Waals surface area contributed by atoms with Gasteiger partial charge in [0.25, 0.3) is 0 Å². The molecule has 0 aromatic carbocycles. The molecule has 0 aliphatic carbocycles. The van der Waals surface area contributed by atoms with E-state index in [0.717, 1.165) is 44.0 Å². The van der Waals surface area contributed by atoms with Crippen LogP contribution in [0.1, 0.15) is 26.2 Å². The van der Waals surface area contributed by atoms with Crippen LogP contribution in [0.25, 0.3) is 0 Å². The van der Waals surface area contributed by atoms with Gasteiger partial charge in [0.2, 0.25) is 5.91 Å². The Morgan fingerprint density at radius 3 is 3.17 bits per heavy atom. The molecule has 0 saturated carbocycles. The summed E-state index contributed by atoms with van der Waals surface area (Å²) in [5.74, 6) is 2.90. The number of hydrogen-bond acceptors (Lipinski definition) is 4. The van der Waals surface area contributed by atoms with Gasteiger partial charge in [-0.3, -0.25) is 4.79 Å². The second-order valence-corrected chi connectivity index (χ2v) is 6.25. The molecule has 2 saturated heterocycles. The number of carbonyl (C=O) groups is 1. The molecule has 104 valence electrons. The molecule has 18 heavy (non-hydrogen) atoms. The van der Waals surface area contributed by atoms with Gasteiger partial charge in [-0.15, -0.1) is 0 Å². The second kappa shape index (κ2) is 7.36. The Balaban J connectivity index is 1.64. The molecule has 0 spiro atoms. The van der Waals surface area contributed by atoms with Gasteiger partial charge in [-0.05, 0) is 12.8 Å². The van der Waals surface area contributed by atoms with Crippen molar-refractivity contribution in [2.24, 2.45) is 5.92 Å². The molecule has 2 heterocycles. The monoisotopic (exact) mass is 272 g/mol. The first kappa shape index (κ1) is 14.2. The van der Waals surface area contributed by atoms with E-state index in [1.807, 2.05) is 11.8 Å². The summed E-state index contributed by atoms with van der Waals surface area (Å²) in [4.78, 5) is 11.9. The minimum absolute atomic E-state index is 0.178. The van der Waals surface area contributed by atoms with E-state index in [9.17, 15) is 4.79 Å². The van der Waals surface area contributed by atoms with Crippen LogP contribution in [-0.4, -0.2) is 49.3 Å². The van der Waals surface area contributed by atoms with Gasteiger partial charge in [0.15, 0.2) is 0 Å². The van der Waals surface area contributed by atoms with Crippen molar-refractivity contribution in [1.29, 1.82) is 0 Å². The van der Waals surface area contributed by atoms with Crippen LogP contribution in [0, 0.1) is 5.92 Å². The lowest BCUT2D eigenvalue weighted by Gasteiger charge is -2.23. The molecule has 2 rings (SSSR count). The topological polar surface area (TPSA) is 50.4 Å². The summed E-state index contributed by atoms with van der Waals surface area (Å²) in [6, 6.07) is 0.352. The molecule has 2 aliphatic rings. The summed E-state index contributed by atoms with van der Waals surface area (Å²) in [7, 11) is 0. The Hall–Kier alpha value is -0.260. The molecule has 1 amide bonds. The van der Waals surface area contributed by atoms with Gasteiger partial charge in [0.1, 0.15) is 0 Å². The maximum absolute atomic E-state index is 11.9. The van der Waals surface area contributed by atoms with Crippen molar-refractivity contribution < 1.29 is 9.53 Å². The van der Waals surface area contributed by atoms with Crippen molar-refractivity contribution in [1.82, 2.24) is 10.6 Å². The Kier molecular flexibility index (Phi) is 5.79. The van der Waals surface area contributed by atoms with Crippen molar-refractivity contribution in [3.05, 3.63) is 0 Å². The third-order valence-corrected chi connectivity index (χ3v) is 4.87. The van der Waals surface area contributed by atoms with Crippen LogP contribution >= 0.6 is 11.8 Å². The quantitative estimate of drug-likeness (QED) is 0.784. The van der Waals surface area contributed by atoms with E-state index in [1.54, 1.807) is 0 Å². The van der Waals surface area contributed by atoms with Gasteiger partial charge >= 0.3 is 0 Å². The Morgan fingerprint density at radius 1 is 1.56 bits per heavy atom. The normalized spacial score (nSPS) is 32.4. The first-order valence-electron chi connectivity index (χ1n) is 6.99. The highest BCUT2D eigenvalue weighted by atomic mass is 32.2. The predicted octanol–water partition coefficient (Wildman–Crippen LogP) is 1.01. The summed E-state index contributed by atoms with van der Waals surface area (Å²) in [6.45, 7) is 4.79. The lowest BCUT2D eigenvalue weighted by Crippen LogP contribution is -2.42. The van der Waals surface area contributed by atoms with Gasteiger partial charge in [0, 0.05) is 49.6 Å². The maximum Gasteiger partial charge on any atom is 0.221 e. The fraction of sp³-hybridized carbons (Fsp3) is 0.923. The molecule has 3 atom stereocenters. The van der Waals surface area contributed by atoms with Gasteiger partial charge in [-0.1, -0.05) is 6.92 Å². The van der Waals surface area contributed by atoms with E-state index in [0.29, 0.717) is 24.5 Å². The summed E-state index contributed by atoms with van der Waals surface area (Å²) >= 11 is 1.93. The third-order valence-electron chi connectivity index (χ3n) is 3.74. The summed E-state index contributed by atoms with van der Waals surface area (Å²) in [5, 5.41) is 6.46. The predicted molar refractivity (Wildman–Crippen MR) is 74.9 cm³/mol. The van der Waals surface area contributed by atoms with Gasteiger partial charge in [-0.2, -0.15) is 11.8 Å². The van der Waals surface area contributed by atoms with Crippen LogP contribution in [0.3, 0.4) is 0 Å². The minimum Gasteiger partial charge on any atom is -0.378 e. The number of amides is 1. The van der Waals surface area contributed by atoms with Crippen LogP contribution in [0.4, 0.5) is 0 Å². The third kappa shape index (κ3) is 4.14. The van der Waals surface area contributed by atoms with E-state index in [-0.39, 0.29) is 5.91 Å². The highest BCUT2D eigenvalue weighted by Gasteiger charge is 2.27. The van der Waals surface area contributed by atoms with Gasteiger partial charge < -0.3 is 15.4 Å². The van der Waals surface area contributed by atoms with E-state index < -0.39 is 0 Å². The van der Waals surface area contributed by atoms with Crippen molar-refractivity contribution in [3.8, 4) is 0 Å². The molecule has 0 aromatic heterocycles. The Labute approximate surface area is 114 Å². The summed E-state index contributed by atoms with van der Waals surface area (Å²) < 4.78 is 5.63. The average molecular weight is 272 g/mol. The van der Waals surface area contributed by atoms with Crippen LogP contribution in [0.5, 0.6) is 0 Å². The van der Waals surface area contributed by atoms with E-state index in [2.05, 4.69) is 17.6 Å². The van der Waals surface area contributed by atoms with Crippen LogP contribution in [0.2, 0.25) is 0 Å². The fourth-order valence-electron chi connectivity index (χ4n) is 2.67. The van der Waals surface area contributed by atoms with Crippen molar-refractivity contribution in [2.45, 2.75) is 38.3 Å². The molecule has 2 N–H and O–H groups in total. The zero-order valence-electron chi connectivity index (χ0n) is 11.1. The number of nitrogens with one attached hydrogen (secondary N) is 2. The smallest absolute Gasteiger partial charge is 0.221 e. The van der Waals surface area contributed by atoms with Gasteiger partial charge in [0.05, 0.1) is 6.10 Å². The molecule has 5 heteroatoms. The first-order chi connectivity index (χ1) is 8.79. The molecule has 3 unspecified atom stereocenters. The van der Waals surface area contributed by atoms with Crippen LogP contribution in [-0.2, 0) is 9.53 Å². The molecule has 4 nitrogen and oxygen atoms in total. The van der Waals surface area contributed by atoms with E-state index >= 15 is 0 Å². The first-order valence-corrected chi connectivity index (χ1v) is 8.14. The molecular formula is C13H24N2O2S. The average Bonchev–Trinajstić information content (AvgIpc) is 2.85. The molecule has 0 bridgehead atoms.